The van der Waals surface area contributed by atoms with Crippen molar-refractivity contribution in [1.82, 2.24) is 14.3 Å². The summed E-state index contributed by atoms with van der Waals surface area (Å²) in [5.74, 6) is 1.72. The third-order valence-electron chi connectivity index (χ3n) is 7.44. The molecule has 5 rings (SSSR count). The topological polar surface area (TPSA) is 89.0 Å². The number of benzene rings is 2. The Bertz CT molecular complexity index is 1550. The molecule has 2 heterocycles. The summed E-state index contributed by atoms with van der Waals surface area (Å²) in [5, 5.41) is 8.78. The van der Waals surface area contributed by atoms with E-state index in [1.54, 1.807) is 13.3 Å². The first-order valence-electron chi connectivity index (χ1n) is 14.0. The molecule has 0 bridgehead atoms. The number of ether oxygens (including phenoxy) is 1. The zero-order valence-corrected chi connectivity index (χ0v) is 25.2. The van der Waals surface area contributed by atoms with Gasteiger partial charge in [-0.3, -0.25) is 4.72 Å². The molecular formula is C31H36ClFN6OS. The van der Waals surface area contributed by atoms with E-state index in [9.17, 15) is 4.39 Å². The largest absolute Gasteiger partial charge is 0.497 e. The van der Waals surface area contributed by atoms with Crippen molar-refractivity contribution in [1.29, 1.82) is 0 Å². The first-order chi connectivity index (χ1) is 19.9. The first-order valence-corrected chi connectivity index (χ1v) is 15.3. The Balaban J connectivity index is 1.51. The Morgan fingerprint density at radius 3 is 2.68 bits per heavy atom. The van der Waals surface area contributed by atoms with Crippen molar-refractivity contribution in [2.24, 2.45) is 10.7 Å². The van der Waals surface area contributed by atoms with Crippen molar-refractivity contribution in [3.05, 3.63) is 76.8 Å². The van der Waals surface area contributed by atoms with Gasteiger partial charge in [-0.1, -0.05) is 36.5 Å². The third-order valence-corrected chi connectivity index (χ3v) is 8.87. The van der Waals surface area contributed by atoms with Gasteiger partial charge in [0.25, 0.3) is 0 Å². The Labute approximate surface area is 249 Å². The van der Waals surface area contributed by atoms with E-state index in [-0.39, 0.29) is 17.6 Å². The van der Waals surface area contributed by atoms with Gasteiger partial charge in [0.1, 0.15) is 17.4 Å². The molecule has 0 aliphatic heterocycles. The van der Waals surface area contributed by atoms with Crippen LogP contribution in [0, 0.1) is 12.7 Å². The second-order valence-electron chi connectivity index (χ2n) is 10.4. The Morgan fingerprint density at radius 1 is 1.17 bits per heavy atom. The fraction of sp³-hybridized carbons (Fsp3) is 0.355. The molecule has 1 fully saturated rings. The lowest BCUT2D eigenvalue weighted by molar-refractivity contribution is 0.396. The molecule has 1 aliphatic carbocycles. The Hall–Kier alpha value is -3.27. The number of methoxy groups -OCH3 is 1. The number of aryl methyl sites for hydroxylation is 1. The van der Waals surface area contributed by atoms with Crippen LogP contribution < -0.4 is 20.5 Å². The predicted molar refractivity (Wildman–Crippen MR) is 169 cm³/mol. The molecule has 7 nitrogen and oxygen atoms in total. The molecule has 2 aromatic carbocycles. The number of hydrogen-bond acceptors (Lipinski definition) is 6. The van der Waals surface area contributed by atoms with Crippen molar-refractivity contribution >= 4 is 46.3 Å². The molecule has 4 N–H and O–H groups in total. The summed E-state index contributed by atoms with van der Waals surface area (Å²) in [5.41, 5.74) is 12.4. The lowest BCUT2D eigenvalue weighted by Gasteiger charge is -2.30. The number of anilines is 1. The summed E-state index contributed by atoms with van der Waals surface area (Å²) in [6, 6.07) is 13.0. The van der Waals surface area contributed by atoms with Crippen LogP contribution in [0.3, 0.4) is 0 Å². The summed E-state index contributed by atoms with van der Waals surface area (Å²) in [6.07, 6.45) is 9.11. The lowest BCUT2D eigenvalue weighted by atomic mass is 9.91. The van der Waals surface area contributed by atoms with Crippen LogP contribution in [0.2, 0.25) is 5.02 Å². The maximum Gasteiger partial charge on any atom is 0.135 e. The minimum Gasteiger partial charge on any atom is -0.497 e. The van der Waals surface area contributed by atoms with E-state index in [4.69, 9.17) is 22.1 Å². The van der Waals surface area contributed by atoms with Gasteiger partial charge < -0.3 is 15.8 Å². The van der Waals surface area contributed by atoms with E-state index >= 15 is 0 Å². The van der Waals surface area contributed by atoms with Gasteiger partial charge in [0.15, 0.2) is 0 Å². The van der Waals surface area contributed by atoms with Gasteiger partial charge in [0.05, 0.1) is 40.8 Å². The predicted octanol–water partition coefficient (Wildman–Crippen LogP) is 7.52. The standard InChI is InChI=1S/C31H36ClFN6OS/c1-4-13-41-38-23-8-6-22(7-9-23)36-30-26(31(34)37-28-16-21(33)5-12-27(28)32)17-35-39-18-20(15-29(30)39)25-11-10-24(40-3)14-19(25)2/h5,10-12,14-18,22-23,36,38H,4,6-9,13H2,1-3H3,(H2,34,37)/t22-,23+. The maximum atomic E-state index is 14.0. The van der Waals surface area contributed by atoms with Gasteiger partial charge >= 0.3 is 0 Å². The van der Waals surface area contributed by atoms with Gasteiger partial charge in [-0.05, 0) is 80.5 Å². The van der Waals surface area contributed by atoms with E-state index in [1.165, 1.54) is 18.2 Å². The minimum absolute atomic E-state index is 0.213. The normalized spacial score (nSPS) is 17.6. The van der Waals surface area contributed by atoms with Crippen LogP contribution in [0.15, 0.2) is 59.9 Å². The summed E-state index contributed by atoms with van der Waals surface area (Å²) in [6.45, 7) is 4.26. The molecule has 0 saturated heterocycles. The molecule has 0 spiro atoms. The van der Waals surface area contributed by atoms with Crippen molar-refractivity contribution in [3.63, 3.8) is 0 Å². The number of halogens is 2. The third kappa shape index (κ3) is 6.80. The Kier molecular flexibility index (Phi) is 9.37. The van der Waals surface area contributed by atoms with Gasteiger partial charge in [0.2, 0.25) is 0 Å². The highest BCUT2D eigenvalue weighted by Gasteiger charge is 2.24. The zero-order chi connectivity index (χ0) is 28.9. The number of fused-ring (bicyclic) bond motifs is 1. The molecule has 1 aliphatic rings. The molecule has 2 aromatic heterocycles. The number of amidine groups is 1. The summed E-state index contributed by atoms with van der Waals surface area (Å²) < 4.78 is 24.8. The van der Waals surface area contributed by atoms with Crippen LogP contribution in [-0.4, -0.2) is 40.4 Å². The molecule has 41 heavy (non-hydrogen) atoms. The maximum absolute atomic E-state index is 14.0. The van der Waals surface area contributed by atoms with E-state index in [0.717, 1.165) is 71.5 Å². The minimum atomic E-state index is -0.429. The van der Waals surface area contributed by atoms with Crippen LogP contribution in [0.4, 0.5) is 15.8 Å². The number of aromatic nitrogens is 2. The number of nitrogens with two attached hydrogens (primary N) is 1. The van der Waals surface area contributed by atoms with Crippen LogP contribution in [-0.2, 0) is 0 Å². The average Bonchev–Trinajstić information content (AvgIpc) is 3.40. The van der Waals surface area contributed by atoms with Crippen LogP contribution >= 0.6 is 23.5 Å². The number of nitrogens with one attached hydrogen (secondary N) is 2. The first kappa shape index (κ1) is 29.2. The highest BCUT2D eigenvalue weighted by Crippen LogP contribution is 2.34. The fourth-order valence-corrected chi connectivity index (χ4v) is 6.19. The monoisotopic (exact) mass is 594 g/mol. The van der Waals surface area contributed by atoms with Gasteiger partial charge in [0, 0.05) is 35.7 Å². The van der Waals surface area contributed by atoms with E-state index in [0.29, 0.717) is 16.6 Å². The van der Waals surface area contributed by atoms with Crippen LogP contribution in [0.5, 0.6) is 5.75 Å². The summed E-state index contributed by atoms with van der Waals surface area (Å²) in [4.78, 5) is 4.51. The van der Waals surface area contributed by atoms with Crippen molar-refractivity contribution in [3.8, 4) is 16.9 Å². The molecule has 10 heteroatoms. The molecule has 1 saturated carbocycles. The lowest BCUT2D eigenvalue weighted by Crippen LogP contribution is -2.34. The highest BCUT2D eigenvalue weighted by atomic mass is 35.5. The van der Waals surface area contributed by atoms with E-state index < -0.39 is 5.82 Å². The van der Waals surface area contributed by atoms with Gasteiger partial charge in [-0.25, -0.2) is 13.9 Å². The number of nitrogens with zero attached hydrogens (tertiary/aromatic N) is 3. The molecule has 0 amide bonds. The molecule has 0 unspecified atom stereocenters. The molecule has 0 radical (unpaired) electrons. The van der Waals surface area contributed by atoms with E-state index in [1.807, 2.05) is 34.8 Å². The number of hydrogen-bond donors (Lipinski definition) is 3. The average molecular weight is 595 g/mol. The fourth-order valence-electron chi connectivity index (χ4n) is 5.24. The molecular weight excluding hydrogens is 559 g/mol. The van der Waals surface area contributed by atoms with Gasteiger partial charge in [-0.15, -0.1) is 0 Å². The SMILES string of the molecule is CCCSN[C@H]1CC[C@@H](Nc2c(/C(N)=N/c3cc(F)ccc3Cl)cnn3cc(-c4ccc(OC)cc4C)cc23)CC1. The summed E-state index contributed by atoms with van der Waals surface area (Å²) >= 11 is 8.12. The van der Waals surface area contributed by atoms with Crippen molar-refractivity contribution in [2.75, 3.05) is 18.2 Å². The van der Waals surface area contributed by atoms with Crippen LogP contribution in [0.1, 0.15) is 50.2 Å². The second-order valence-corrected chi connectivity index (χ2v) is 11.8. The van der Waals surface area contributed by atoms with Crippen molar-refractivity contribution in [2.45, 2.75) is 58.0 Å². The zero-order valence-electron chi connectivity index (χ0n) is 23.6. The quantitative estimate of drug-likeness (QED) is 0.0761. The smallest absolute Gasteiger partial charge is 0.135 e. The van der Waals surface area contributed by atoms with Gasteiger partial charge in [-0.2, -0.15) is 5.10 Å². The number of rotatable bonds is 10. The summed E-state index contributed by atoms with van der Waals surface area (Å²) in [7, 11) is 1.67. The Morgan fingerprint density at radius 2 is 1.95 bits per heavy atom. The second kappa shape index (κ2) is 13.1. The van der Waals surface area contributed by atoms with Crippen LogP contribution in [0.25, 0.3) is 16.6 Å². The molecule has 0 atom stereocenters. The highest BCUT2D eigenvalue weighted by molar-refractivity contribution is 7.97. The number of aliphatic imine (C=N–C) groups is 1. The van der Waals surface area contributed by atoms with Crippen molar-refractivity contribution < 1.29 is 9.13 Å². The molecule has 216 valence electrons. The molecule has 4 aromatic rings. The van der Waals surface area contributed by atoms with E-state index in [2.05, 4.69) is 46.1 Å².